The van der Waals surface area contributed by atoms with E-state index in [0.717, 1.165) is 30.9 Å². The van der Waals surface area contributed by atoms with Gasteiger partial charge in [-0.15, -0.1) is 0 Å². The second-order valence-corrected chi connectivity index (χ2v) is 5.08. The van der Waals surface area contributed by atoms with Crippen LogP contribution in [0.15, 0.2) is 24.3 Å². The highest BCUT2D eigenvalue weighted by Gasteiger charge is 2.05. The molecule has 108 valence electrons. The van der Waals surface area contributed by atoms with Gasteiger partial charge in [-0.1, -0.05) is 19.1 Å². The molecule has 0 saturated heterocycles. The van der Waals surface area contributed by atoms with Crippen LogP contribution in [0.25, 0.3) is 0 Å². The highest BCUT2D eigenvalue weighted by Crippen LogP contribution is 2.27. The molecule has 0 aliphatic rings. The fraction of sp³-hybridized carbons (Fsp3) is 0.625. The van der Waals surface area contributed by atoms with E-state index in [0.29, 0.717) is 12.6 Å². The Kier molecular flexibility index (Phi) is 7.34. The fourth-order valence-corrected chi connectivity index (χ4v) is 1.67. The van der Waals surface area contributed by atoms with E-state index < -0.39 is 0 Å². The fourth-order valence-electron chi connectivity index (χ4n) is 1.67. The molecule has 0 bridgehead atoms. The number of benzene rings is 1. The summed E-state index contributed by atoms with van der Waals surface area (Å²) in [5.41, 5.74) is 0. The molecular weight excluding hydrogens is 238 g/mol. The zero-order chi connectivity index (χ0) is 14.1. The van der Waals surface area contributed by atoms with Gasteiger partial charge >= 0.3 is 0 Å². The first-order chi connectivity index (χ1) is 9.13. The van der Waals surface area contributed by atoms with Gasteiger partial charge in [-0.05, 0) is 52.3 Å². The average molecular weight is 265 g/mol. The number of ether oxygens (including phenoxy) is 2. The largest absolute Gasteiger partial charge is 0.490 e. The summed E-state index contributed by atoms with van der Waals surface area (Å²) in [4.78, 5) is 0. The highest BCUT2D eigenvalue weighted by molar-refractivity contribution is 5.39. The minimum atomic E-state index is 0.164. The molecule has 0 aliphatic heterocycles. The van der Waals surface area contributed by atoms with Gasteiger partial charge in [-0.3, -0.25) is 0 Å². The second kappa shape index (κ2) is 8.81. The molecule has 0 aromatic heterocycles. The minimum Gasteiger partial charge on any atom is -0.490 e. The summed E-state index contributed by atoms with van der Waals surface area (Å²) in [6.45, 7) is 10.1. The van der Waals surface area contributed by atoms with Crippen molar-refractivity contribution in [1.82, 2.24) is 5.32 Å². The molecule has 1 aromatic carbocycles. The highest BCUT2D eigenvalue weighted by atomic mass is 16.5. The van der Waals surface area contributed by atoms with Crippen molar-refractivity contribution < 1.29 is 9.47 Å². The first kappa shape index (κ1) is 15.8. The third-order valence-electron chi connectivity index (χ3n) is 2.90. The molecule has 1 N–H and O–H groups in total. The van der Waals surface area contributed by atoms with Gasteiger partial charge in [0.1, 0.15) is 0 Å². The van der Waals surface area contributed by atoms with Gasteiger partial charge < -0.3 is 14.8 Å². The average Bonchev–Trinajstić information content (AvgIpc) is 2.39. The number of rotatable bonds is 9. The lowest BCUT2D eigenvalue weighted by Crippen LogP contribution is -2.27. The Morgan fingerprint density at radius 2 is 1.79 bits per heavy atom. The van der Waals surface area contributed by atoms with Gasteiger partial charge in [-0.2, -0.15) is 0 Å². The van der Waals surface area contributed by atoms with E-state index in [9.17, 15) is 0 Å². The van der Waals surface area contributed by atoms with E-state index in [2.05, 4.69) is 19.2 Å². The number of hydrogen-bond donors (Lipinski definition) is 1. The van der Waals surface area contributed by atoms with Crippen LogP contribution in [0.5, 0.6) is 11.5 Å². The van der Waals surface area contributed by atoms with Gasteiger partial charge in [0.15, 0.2) is 11.5 Å². The number of nitrogens with one attached hydrogen (secondary N) is 1. The van der Waals surface area contributed by atoms with Crippen molar-refractivity contribution in [1.29, 1.82) is 0 Å². The molecule has 0 fully saturated rings. The van der Waals surface area contributed by atoms with Crippen molar-refractivity contribution in [3.05, 3.63) is 24.3 Å². The standard InChI is InChI=1S/C16H27NO2/c1-5-14(4)17-11-8-12-18-15-9-6-7-10-16(15)19-13(2)3/h6-7,9-10,13-14,17H,5,8,11-12H2,1-4H3. The van der Waals surface area contributed by atoms with Crippen molar-refractivity contribution in [3.8, 4) is 11.5 Å². The zero-order valence-corrected chi connectivity index (χ0v) is 12.6. The molecule has 0 amide bonds. The smallest absolute Gasteiger partial charge is 0.161 e. The molecule has 1 atom stereocenters. The third kappa shape index (κ3) is 6.48. The summed E-state index contributed by atoms with van der Waals surface area (Å²) >= 11 is 0. The monoisotopic (exact) mass is 265 g/mol. The Labute approximate surface area is 117 Å². The Bertz CT molecular complexity index is 352. The van der Waals surface area contributed by atoms with Gasteiger partial charge in [-0.25, -0.2) is 0 Å². The molecule has 0 heterocycles. The summed E-state index contributed by atoms with van der Waals surface area (Å²) in [7, 11) is 0. The maximum atomic E-state index is 5.79. The normalized spacial score (nSPS) is 12.5. The Balaban J connectivity index is 2.32. The lowest BCUT2D eigenvalue weighted by atomic mass is 10.2. The van der Waals surface area contributed by atoms with Crippen molar-refractivity contribution in [2.75, 3.05) is 13.2 Å². The number of hydrogen-bond acceptors (Lipinski definition) is 3. The molecular formula is C16H27NO2. The Morgan fingerprint density at radius 1 is 1.11 bits per heavy atom. The molecule has 0 radical (unpaired) electrons. The Hall–Kier alpha value is -1.22. The van der Waals surface area contributed by atoms with Crippen LogP contribution in [-0.2, 0) is 0 Å². The molecule has 19 heavy (non-hydrogen) atoms. The molecule has 1 unspecified atom stereocenters. The maximum absolute atomic E-state index is 5.79. The van der Waals surface area contributed by atoms with E-state index in [1.54, 1.807) is 0 Å². The lowest BCUT2D eigenvalue weighted by molar-refractivity contribution is 0.219. The van der Waals surface area contributed by atoms with Crippen LogP contribution in [0.3, 0.4) is 0 Å². The van der Waals surface area contributed by atoms with Gasteiger partial charge in [0.05, 0.1) is 12.7 Å². The quantitative estimate of drug-likeness (QED) is 0.692. The molecule has 3 nitrogen and oxygen atoms in total. The van der Waals surface area contributed by atoms with Gasteiger partial charge in [0, 0.05) is 6.04 Å². The first-order valence-corrected chi connectivity index (χ1v) is 7.25. The molecule has 1 aromatic rings. The second-order valence-electron chi connectivity index (χ2n) is 5.08. The predicted octanol–water partition coefficient (Wildman–Crippen LogP) is 3.63. The summed E-state index contributed by atoms with van der Waals surface area (Å²) < 4.78 is 11.5. The third-order valence-corrected chi connectivity index (χ3v) is 2.90. The summed E-state index contributed by atoms with van der Waals surface area (Å²) in [5, 5.41) is 3.45. The minimum absolute atomic E-state index is 0.164. The zero-order valence-electron chi connectivity index (χ0n) is 12.6. The van der Waals surface area contributed by atoms with E-state index in [4.69, 9.17) is 9.47 Å². The lowest BCUT2D eigenvalue weighted by Gasteiger charge is -2.15. The van der Waals surface area contributed by atoms with Crippen LogP contribution in [0.4, 0.5) is 0 Å². The van der Waals surface area contributed by atoms with Gasteiger partial charge in [0.2, 0.25) is 0 Å². The molecule has 0 saturated carbocycles. The molecule has 1 rings (SSSR count). The SMILES string of the molecule is CCC(C)NCCCOc1ccccc1OC(C)C. The van der Waals surface area contributed by atoms with E-state index in [1.807, 2.05) is 38.1 Å². The van der Waals surface area contributed by atoms with Crippen LogP contribution in [0, 0.1) is 0 Å². The molecule has 0 aliphatic carbocycles. The number of para-hydroxylation sites is 2. The van der Waals surface area contributed by atoms with Crippen LogP contribution in [0.2, 0.25) is 0 Å². The van der Waals surface area contributed by atoms with E-state index in [-0.39, 0.29) is 6.10 Å². The van der Waals surface area contributed by atoms with Crippen LogP contribution in [-0.4, -0.2) is 25.3 Å². The van der Waals surface area contributed by atoms with Crippen LogP contribution >= 0.6 is 0 Å². The topological polar surface area (TPSA) is 30.5 Å². The summed E-state index contributed by atoms with van der Waals surface area (Å²) in [5.74, 6) is 1.66. The van der Waals surface area contributed by atoms with Crippen LogP contribution in [0.1, 0.15) is 40.5 Å². The summed E-state index contributed by atoms with van der Waals surface area (Å²) in [6, 6.07) is 8.43. The van der Waals surface area contributed by atoms with Crippen LogP contribution < -0.4 is 14.8 Å². The van der Waals surface area contributed by atoms with Crippen molar-refractivity contribution in [2.24, 2.45) is 0 Å². The van der Waals surface area contributed by atoms with Gasteiger partial charge in [0.25, 0.3) is 0 Å². The van der Waals surface area contributed by atoms with E-state index >= 15 is 0 Å². The van der Waals surface area contributed by atoms with Crippen molar-refractivity contribution in [2.45, 2.75) is 52.7 Å². The summed E-state index contributed by atoms with van der Waals surface area (Å²) in [6.07, 6.45) is 2.32. The van der Waals surface area contributed by atoms with Crippen molar-refractivity contribution in [3.63, 3.8) is 0 Å². The maximum Gasteiger partial charge on any atom is 0.161 e. The van der Waals surface area contributed by atoms with E-state index in [1.165, 1.54) is 0 Å². The molecule has 3 heteroatoms. The Morgan fingerprint density at radius 3 is 2.42 bits per heavy atom. The predicted molar refractivity (Wildman–Crippen MR) is 80.1 cm³/mol. The first-order valence-electron chi connectivity index (χ1n) is 7.25. The van der Waals surface area contributed by atoms with Crippen molar-refractivity contribution >= 4 is 0 Å². The molecule has 0 spiro atoms.